The molecule has 0 atom stereocenters. The standard InChI is InChI=1S/C16H8BrClO/c17-9-4-6-14-12(8-9)16-11-2-1-3-13(18)10(11)5-7-15(16)19-14/h1-8H. The first-order valence-corrected chi connectivity index (χ1v) is 7.10. The highest BCUT2D eigenvalue weighted by Gasteiger charge is 2.11. The molecule has 0 saturated carbocycles. The highest BCUT2D eigenvalue weighted by Crippen LogP contribution is 2.37. The Kier molecular flexibility index (Phi) is 2.38. The summed E-state index contributed by atoms with van der Waals surface area (Å²) in [7, 11) is 0. The molecular weight excluding hydrogens is 324 g/mol. The quantitative estimate of drug-likeness (QED) is 0.376. The summed E-state index contributed by atoms with van der Waals surface area (Å²) in [4.78, 5) is 0. The fraction of sp³-hybridized carbons (Fsp3) is 0. The second kappa shape index (κ2) is 3.99. The lowest BCUT2D eigenvalue weighted by Gasteiger charge is -2.01. The van der Waals surface area contributed by atoms with Gasteiger partial charge in [-0.2, -0.15) is 0 Å². The number of hydrogen-bond donors (Lipinski definition) is 0. The van der Waals surface area contributed by atoms with Crippen molar-refractivity contribution in [2.45, 2.75) is 0 Å². The van der Waals surface area contributed by atoms with E-state index in [9.17, 15) is 0 Å². The lowest BCUT2D eigenvalue weighted by molar-refractivity contribution is 0.669. The number of rotatable bonds is 0. The maximum Gasteiger partial charge on any atom is 0.136 e. The summed E-state index contributed by atoms with van der Waals surface area (Å²) in [6.07, 6.45) is 0. The van der Waals surface area contributed by atoms with Crippen LogP contribution in [0.15, 0.2) is 57.4 Å². The Labute approximate surface area is 122 Å². The minimum absolute atomic E-state index is 0.767. The molecule has 0 aliphatic rings. The predicted octanol–water partition coefficient (Wildman–Crippen LogP) is 6.16. The Bertz CT molecular complexity index is 940. The van der Waals surface area contributed by atoms with E-state index in [4.69, 9.17) is 16.0 Å². The second-order valence-corrected chi connectivity index (χ2v) is 5.84. The van der Waals surface area contributed by atoms with Crippen LogP contribution in [-0.2, 0) is 0 Å². The normalized spacial score (nSPS) is 11.7. The molecule has 0 N–H and O–H groups in total. The van der Waals surface area contributed by atoms with Crippen molar-refractivity contribution in [1.82, 2.24) is 0 Å². The Hall–Kier alpha value is -1.51. The molecule has 0 bridgehead atoms. The van der Waals surface area contributed by atoms with Gasteiger partial charge in [-0.1, -0.05) is 39.7 Å². The zero-order valence-electron chi connectivity index (χ0n) is 9.78. The number of fused-ring (bicyclic) bond motifs is 5. The van der Waals surface area contributed by atoms with E-state index in [0.717, 1.165) is 42.2 Å². The van der Waals surface area contributed by atoms with Crippen LogP contribution in [0.4, 0.5) is 0 Å². The van der Waals surface area contributed by atoms with Crippen LogP contribution in [-0.4, -0.2) is 0 Å². The van der Waals surface area contributed by atoms with E-state index in [1.54, 1.807) is 0 Å². The van der Waals surface area contributed by atoms with Crippen molar-refractivity contribution in [3.8, 4) is 0 Å². The summed E-state index contributed by atoms with van der Waals surface area (Å²) in [5.41, 5.74) is 1.79. The fourth-order valence-corrected chi connectivity index (χ4v) is 3.17. The van der Waals surface area contributed by atoms with Crippen LogP contribution in [0.3, 0.4) is 0 Å². The van der Waals surface area contributed by atoms with Gasteiger partial charge in [0.2, 0.25) is 0 Å². The van der Waals surface area contributed by atoms with E-state index in [1.807, 2.05) is 36.4 Å². The van der Waals surface area contributed by atoms with Gasteiger partial charge < -0.3 is 4.42 Å². The van der Waals surface area contributed by atoms with Crippen molar-refractivity contribution >= 4 is 60.2 Å². The summed E-state index contributed by atoms with van der Waals surface area (Å²) < 4.78 is 6.93. The first kappa shape index (κ1) is 11.3. The topological polar surface area (TPSA) is 13.1 Å². The minimum atomic E-state index is 0.767. The molecule has 3 aromatic carbocycles. The molecule has 0 aliphatic heterocycles. The van der Waals surface area contributed by atoms with Crippen molar-refractivity contribution < 1.29 is 4.42 Å². The smallest absolute Gasteiger partial charge is 0.136 e. The molecule has 92 valence electrons. The molecule has 0 saturated heterocycles. The number of benzene rings is 3. The van der Waals surface area contributed by atoms with E-state index in [0.29, 0.717) is 0 Å². The Balaban J connectivity index is 2.34. The summed E-state index contributed by atoms with van der Waals surface area (Å²) in [5.74, 6) is 0. The molecule has 0 fully saturated rings. The zero-order valence-corrected chi connectivity index (χ0v) is 12.1. The predicted molar refractivity (Wildman–Crippen MR) is 83.9 cm³/mol. The molecule has 4 aromatic rings. The van der Waals surface area contributed by atoms with Crippen LogP contribution in [0.2, 0.25) is 5.02 Å². The fourth-order valence-electron chi connectivity index (χ4n) is 2.57. The van der Waals surface area contributed by atoms with Gasteiger partial charge in [-0.25, -0.2) is 0 Å². The van der Waals surface area contributed by atoms with Gasteiger partial charge in [0, 0.05) is 25.7 Å². The number of hydrogen-bond acceptors (Lipinski definition) is 1. The van der Waals surface area contributed by atoms with E-state index in [1.165, 1.54) is 0 Å². The van der Waals surface area contributed by atoms with Gasteiger partial charge in [0.15, 0.2) is 0 Å². The second-order valence-electron chi connectivity index (χ2n) is 4.52. The highest BCUT2D eigenvalue weighted by atomic mass is 79.9. The first-order chi connectivity index (χ1) is 9.24. The van der Waals surface area contributed by atoms with Crippen molar-refractivity contribution in [1.29, 1.82) is 0 Å². The van der Waals surface area contributed by atoms with Gasteiger partial charge in [-0.15, -0.1) is 0 Å². The largest absolute Gasteiger partial charge is 0.456 e. The SMILES string of the molecule is Clc1cccc2c1ccc1oc3ccc(Br)cc3c12. The van der Waals surface area contributed by atoms with Crippen LogP contribution in [0.5, 0.6) is 0 Å². The van der Waals surface area contributed by atoms with Gasteiger partial charge in [0.05, 0.1) is 0 Å². The molecule has 4 rings (SSSR count). The van der Waals surface area contributed by atoms with E-state index in [2.05, 4.69) is 28.1 Å². The van der Waals surface area contributed by atoms with Crippen molar-refractivity contribution in [2.75, 3.05) is 0 Å². The molecule has 0 unspecified atom stereocenters. The number of halogens is 2. The molecule has 1 heterocycles. The summed E-state index contributed by atoms with van der Waals surface area (Å²) in [6, 6.07) is 16.0. The Morgan fingerprint density at radius 2 is 1.68 bits per heavy atom. The summed E-state index contributed by atoms with van der Waals surface area (Å²) in [5, 5.41) is 5.18. The molecule has 1 aromatic heterocycles. The van der Waals surface area contributed by atoms with Crippen molar-refractivity contribution in [2.24, 2.45) is 0 Å². The first-order valence-electron chi connectivity index (χ1n) is 5.93. The van der Waals surface area contributed by atoms with Gasteiger partial charge in [-0.05, 0) is 41.8 Å². The average molecular weight is 332 g/mol. The third kappa shape index (κ3) is 1.60. The summed E-state index contributed by atoms with van der Waals surface area (Å²) >= 11 is 9.78. The van der Waals surface area contributed by atoms with Crippen LogP contribution in [0.1, 0.15) is 0 Å². The molecule has 19 heavy (non-hydrogen) atoms. The lowest BCUT2D eigenvalue weighted by Crippen LogP contribution is -1.75. The van der Waals surface area contributed by atoms with Gasteiger partial charge in [0.25, 0.3) is 0 Å². The monoisotopic (exact) mass is 330 g/mol. The third-order valence-electron chi connectivity index (χ3n) is 3.40. The molecule has 0 aliphatic carbocycles. The van der Waals surface area contributed by atoms with Gasteiger partial charge in [0.1, 0.15) is 11.2 Å². The Morgan fingerprint density at radius 3 is 2.58 bits per heavy atom. The average Bonchev–Trinajstić information content (AvgIpc) is 2.77. The molecule has 3 heteroatoms. The molecule has 0 amide bonds. The molecule has 0 radical (unpaired) electrons. The maximum absolute atomic E-state index is 6.27. The zero-order chi connectivity index (χ0) is 13.0. The van der Waals surface area contributed by atoms with Crippen LogP contribution >= 0.6 is 27.5 Å². The van der Waals surface area contributed by atoms with E-state index in [-0.39, 0.29) is 0 Å². The maximum atomic E-state index is 6.27. The molecule has 0 spiro atoms. The lowest BCUT2D eigenvalue weighted by atomic mass is 10.0. The summed E-state index contributed by atoms with van der Waals surface area (Å²) in [6.45, 7) is 0. The highest BCUT2D eigenvalue weighted by molar-refractivity contribution is 9.10. The van der Waals surface area contributed by atoms with Crippen LogP contribution in [0, 0.1) is 0 Å². The van der Waals surface area contributed by atoms with Crippen LogP contribution in [0.25, 0.3) is 32.7 Å². The third-order valence-corrected chi connectivity index (χ3v) is 4.22. The van der Waals surface area contributed by atoms with Gasteiger partial charge in [-0.3, -0.25) is 0 Å². The molecular formula is C16H8BrClO. The van der Waals surface area contributed by atoms with Gasteiger partial charge >= 0.3 is 0 Å². The van der Waals surface area contributed by atoms with E-state index >= 15 is 0 Å². The minimum Gasteiger partial charge on any atom is -0.456 e. The van der Waals surface area contributed by atoms with E-state index < -0.39 is 0 Å². The van der Waals surface area contributed by atoms with Crippen molar-refractivity contribution in [3.05, 3.63) is 58.0 Å². The van der Waals surface area contributed by atoms with Crippen molar-refractivity contribution in [3.63, 3.8) is 0 Å². The molecule has 1 nitrogen and oxygen atoms in total. The number of furan rings is 1. The Morgan fingerprint density at radius 1 is 0.842 bits per heavy atom. The van der Waals surface area contributed by atoms with Crippen LogP contribution < -0.4 is 0 Å².